The van der Waals surface area contributed by atoms with Gasteiger partial charge in [-0.15, -0.1) is 11.3 Å². The molecule has 3 nitrogen and oxygen atoms in total. The second-order valence-electron chi connectivity index (χ2n) is 3.75. The molecule has 0 radical (unpaired) electrons. The quantitative estimate of drug-likeness (QED) is 0.842. The molecule has 0 aliphatic carbocycles. The molecule has 0 fully saturated rings. The number of sulfonamides is 1. The first-order valence-corrected chi connectivity index (χ1v) is 8.65. The van der Waals surface area contributed by atoms with Crippen LogP contribution in [-0.2, 0) is 16.6 Å². The van der Waals surface area contributed by atoms with Gasteiger partial charge in [-0.2, -0.15) is 0 Å². The van der Waals surface area contributed by atoms with E-state index in [0.29, 0.717) is 3.79 Å². The number of benzene rings is 1. The molecular weight excluding hydrogens is 396 g/mol. The van der Waals surface area contributed by atoms with Crippen LogP contribution in [0.2, 0.25) is 5.02 Å². The van der Waals surface area contributed by atoms with Crippen LogP contribution in [0.5, 0.6) is 0 Å². The first-order chi connectivity index (χ1) is 9.29. The summed E-state index contributed by atoms with van der Waals surface area (Å²) in [5.41, 5.74) is -0.0738. The maximum Gasteiger partial charge on any atom is 0.250 e. The van der Waals surface area contributed by atoms with Crippen LogP contribution in [0.4, 0.5) is 8.78 Å². The normalized spacial score (nSPS) is 11.8. The topological polar surface area (TPSA) is 46.2 Å². The van der Waals surface area contributed by atoms with E-state index in [-0.39, 0.29) is 21.3 Å². The molecule has 2 aromatic rings. The highest BCUT2D eigenvalue weighted by atomic mass is 79.9. The van der Waals surface area contributed by atoms with Crippen molar-refractivity contribution in [3.8, 4) is 0 Å². The Labute approximate surface area is 131 Å². The molecule has 1 aromatic carbocycles. The highest BCUT2D eigenvalue weighted by molar-refractivity contribution is 9.11. The number of hydrogen-bond acceptors (Lipinski definition) is 3. The molecule has 0 saturated heterocycles. The Morgan fingerprint density at radius 3 is 2.60 bits per heavy atom. The van der Waals surface area contributed by atoms with E-state index in [1.807, 2.05) is 0 Å². The fourth-order valence-corrected chi connectivity index (χ4v) is 4.83. The van der Waals surface area contributed by atoms with Crippen LogP contribution in [-0.4, -0.2) is 8.42 Å². The van der Waals surface area contributed by atoms with Crippen molar-refractivity contribution in [3.05, 3.63) is 50.3 Å². The maximum absolute atomic E-state index is 13.4. The van der Waals surface area contributed by atoms with Crippen LogP contribution >= 0.6 is 38.9 Å². The Bertz CT molecular complexity index is 729. The van der Waals surface area contributed by atoms with Crippen molar-refractivity contribution in [2.75, 3.05) is 0 Å². The van der Waals surface area contributed by atoms with Crippen molar-refractivity contribution in [3.63, 3.8) is 0 Å². The van der Waals surface area contributed by atoms with Gasteiger partial charge in [-0.1, -0.05) is 11.6 Å². The number of rotatable bonds is 4. The Morgan fingerprint density at radius 2 is 2.00 bits per heavy atom. The predicted octanol–water partition coefficient (Wildman–Crippen LogP) is 3.92. The summed E-state index contributed by atoms with van der Waals surface area (Å²) in [7, 11) is -3.82. The zero-order valence-electron chi connectivity index (χ0n) is 9.66. The van der Waals surface area contributed by atoms with Crippen molar-refractivity contribution in [2.45, 2.75) is 10.8 Å². The minimum atomic E-state index is -3.82. The molecule has 0 aliphatic heterocycles. The number of nitrogens with one attached hydrogen (secondary N) is 1. The fraction of sp³-hybridized carbons (Fsp3) is 0.0909. The molecule has 1 heterocycles. The molecule has 0 saturated carbocycles. The summed E-state index contributed by atoms with van der Waals surface area (Å²) in [5, 5.41) is 0.271. The highest BCUT2D eigenvalue weighted by Gasteiger charge is 2.19. The van der Waals surface area contributed by atoms with E-state index in [2.05, 4.69) is 20.7 Å². The molecule has 20 heavy (non-hydrogen) atoms. The fourth-order valence-electron chi connectivity index (χ4n) is 1.38. The van der Waals surface area contributed by atoms with Gasteiger partial charge in [0.1, 0.15) is 15.8 Å². The van der Waals surface area contributed by atoms with E-state index in [0.717, 1.165) is 29.5 Å². The monoisotopic (exact) mass is 401 g/mol. The summed E-state index contributed by atoms with van der Waals surface area (Å²) in [4.78, 5) is 0. The second-order valence-corrected chi connectivity index (χ2v) is 8.52. The van der Waals surface area contributed by atoms with Crippen LogP contribution in [0.25, 0.3) is 0 Å². The molecule has 0 aliphatic rings. The third kappa shape index (κ3) is 3.56. The van der Waals surface area contributed by atoms with Crippen LogP contribution in [0.3, 0.4) is 0 Å². The summed E-state index contributed by atoms with van der Waals surface area (Å²) in [5.74, 6) is -1.32. The Kier molecular flexibility index (Phi) is 4.80. The van der Waals surface area contributed by atoms with Gasteiger partial charge in [-0.05, 0) is 40.2 Å². The lowest BCUT2D eigenvalue weighted by atomic mass is 10.2. The summed E-state index contributed by atoms with van der Waals surface area (Å²) in [6.07, 6.45) is 0. The Morgan fingerprint density at radius 1 is 1.30 bits per heavy atom. The minimum absolute atomic E-state index is 0.00816. The molecule has 0 bridgehead atoms. The van der Waals surface area contributed by atoms with Crippen molar-refractivity contribution in [2.24, 2.45) is 0 Å². The molecule has 1 aromatic heterocycles. The lowest BCUT2D eigenvalue weighted by Gasteiger charge is -2.06. The van der Waals surface area contributed by atoms with Crippen molar-refractivity contribution < 1.29 is 17.2 Å². The second kappa shape index (κ2) is 6.07. The zero-order valence-corrected chi connectivity index (χ0v) is 13.6. The molecule has 108 valence electrons. The average Bonchev–Trinajstić information content (AvgIpc) is 2.72. The van der Waals surface area contributed by atoms with Crippen molar-refractivity contribution in [1.29, 1.82) is 0 Å². The average molecular weight is 403 g/mol. The Hall–Kier alpha value is -0.540. The van der Waals surface area contributed by atoms with E-state index in [4.69, 9.17) is 11.6 Å². The highest BCUT2D eigenvalue weighted by Crippen LogP contribution is 2.34. The van der Waals surface area contributed by atoms with E-state index in [1.165, 1.54) is 6.07 Å². The SMILES string of the molecule is O=S(=O)(NCc1cc(F)ccc1F)c1cc(Cl)c(Br)s1. The molecule has 0 unspecified atom stereocenters. The summed E-state index contributed by atoms with van der Waals surface area (Å²) < 4.78 is 53.0. The van der Waals surface area contributed by atoms with Gasteiger partial charge in [-0.25, -0.2) is 21.9 Å². The molecule has 0 atom stereocenters. The van der Waals surface area contributed by atoms with Crippen LogP contribution < -0.4 is 4.72 Å². The molecule has 2 rings (SSSR count). The first-order valence-electron chi connectivity index (χ1n) is 5.18. The Balaban J connectivity index is 2.19. The van der Waals surface area contributed by atoms with Gasteiger partial charge in [0.05, 0.1) is 8.81 Å². The maximum atomic E-state index is 13.4. The van der Waals surface area contributed by atoms with Crippen LogP contribution in [0, 0.1) is 11.6 Å². The lowest BCUT2D eigenvalue weighted by Crippen LogP contribution is -2.23. The molecule has 9 heteroatoms. The largest absolute Gasteiger partial charge is 0.250 e. The third-order valence-electron chi connectivity index (χ3n) is 2.35. The van der Waals surface area contributed by atoms with E-state index >= 15 is 0 Å². The van der Waals surface area contributed by atoms with Gasteiger partial charge in [0.25, 0.3) is 0 Å². The van der Waals surface area contributed by atoms with E-state index in [1.54, 1.807) is 0 Å². The van der Waals surface area contributed by atoms with E-state index < -0.39 is 21.7 Å². The summed E-state index contributed by atoms with van der Waals surface area (Å²) in [6, 6.07) is 4.12. The number of halogens is 4. The number of hydrogen-bond donors (Lipinski definition) is 1. The summed E-state index contributed by atoms with van der Waals surface area (Å²) in [6.45, 7) is -0.348. The molecule has 1 N–H and O–H groups in total. The molecule has 0 spiro atoms. The van der Waals surface area contributed by atoms with Crippen molar-refractivity contribution in [1.82, 2.24) is 4.72 Å². The first kappa shape index (κ1) is 15.8. The van der Waals surface area contributed by atoms with E-state index in [9.17, 15) is 17.2 Å². The smallest absolute Gasteiger partial charge is 0.207 e. The van der Waals surface area contributed by atoms with Gasteiger partial charge in [0, 0.05) is 12.1 Å². The lowest BCUT2D eigenvalue weighted by molar-refractivity contribution is 0.568. The predicted molar refractivity (Wildman–Crippen MR) is 77.4 cm³/mol. The summed E-state index contributed by atoms with van der Waals surface area (Å²) >= 11 is 9.80. The van der Waals surface area contributed by atoms with Gasteiger partial charge in [0.15, 0.2) is 0 Å². The zero-order chi connectivity index (χ0) is 14.9. The molecular formula is C11H7BrClF2NO2S2. The standard InChI is InChI=1S/C11H7BrClF2NO2S2/c12-11-8(13)4-10(19-11)20(17,18)16-5-6-3-7(14)1-2-9(6)15/h1-4,16H,5H2. The van der Waals surface area contributed by atoms with Gasteiger partial charge in [-0.3, -0.25) is 0 Å². The van der Waals surface area contributed by atoms with Crippen LogP contribution in [0.15, 0.2) is 32.3 Å². The van der Waals surface area contributed by atoms with Crippen LogP contribution in [0.1, 0.15) is 5.56 Å². The minimum Gasteiger partial charge on any atom is -0.207 e. The molecule has 0 amide bonds. The third-order valence-corrected chi connectivity index (χ3v) is 6.70. The number of thiophene rings is 1. The van der Waals surface area contributed by atoms with Crippen molar-refractivity contribution >= 4 is 48.9 Å². The van der Waals surface area contributed by atoms with Gasteiger partial charge < -0.3 is 0 Å². The van der Waals surface area contributed by atoms with Gasteiger partial charge in [0.2, 0.25) is 10.0 Å². The van der Waals surface area contributed by atoms with Gasteiger partial charge >= 0.3 is 0 Å².